The van der Waals surface area contributed by atoms with Gasteiger partial charge in [0.2, 0.25) is 0 Å². The molecule has 0 bridgehead atoms. The van der Waals surface area contributed by atoms with Gasteiger partial charge in [-0.2, -0.15) is 0 Å². The van der Waals surface area contributed by atoms with Gasteiger partial charge in [0, 0.05) is 24.8 Å². The van der Waals surface area contributed by atoms with Crippen LogP contribution in [0, 0.1) is 0 Å². The Bertz CT molecular complexity index is 448. The van der Waals surface area contributed by atoms with Crippen molar-refractivity contribution in [1.82, 2.24) is 19.9 Å². The van der Waals surface area contributed by atoms with Crippen molar-refractivity contribution >= 4 is 11.9 Å². The molecule has 2 aromatic heterocycles. The summed E-state index contributed by atoms with van der Waals surface area (Å²) in [5, 5.41) is 36.2. The van der Waals surface area contributed by atoms with Gasteiger partial charge < -0.3 is 40.0 Å². The zero-order valence-electron chi connectivity index (χ0n) is 14.6. The molecule has 0 atom stereocenters. The fourth-order valence-corrected chi connectivity index (χ4v) is 0.430. The molecule has 0 radical (unpaired) electrons. The number of carbonyl (C=O) groups is 2. The molecule has 0 saturated carbocycles. The number of nitrogens with zero attached hydrogens (tertiary/aromatic N) is 2. The summed E-state index contributed by atoms with van der Waals surface area (Å²) < 4.78 is 0. The molecule has 136 valence electrons. The second-order valence-electron chi connectivity index (χ2n) is 5.21. The fourth-order valence-electron chi connectivity index (χ4n) is 0.430. The SMILES string of the molecule is CC(C)(O)C(=O)[O-].CC(C)(O)C(=O)[O-].[Zn+2].c1c[nH]cn1.c1c[nH]cn1. The van der Waals surface area contributed by atoms with E-state index >= 15 is 0 Å². The van der Waals surface area contributed by atoms with Crippen LogP contribution in [0.15, 0.2) is 37.4 Å². The third-order valence-electron chi connectivity index (χ3n) is 1.81. The van der Waals surface area contributed by atoms with Gasteiger partial charge in [-0.05, 0) is 27.7 Å². The molecule has 4 N–H and O–H groups in total. The van der Waals surface area contributed by atoms with Gasteiger partial charge in [-0.3, -0.25) is 0 Å². The second kappa shape index (κ2) is 14.3. The molecule has 25 heavy (non-hydrogen) atoms. The van der Waals surface area contributed by atoms with Crippen LogP contribution in [0.3, 0.4) is 0 Å². The van der Waals surface area contributed by atoms with Crippen molar-refractivity contribution in [2.75, 3.05) is 0 Å². The topological polar surface area (TPSA) is 178 Å². The average Bonchev–Trinajstić information content (AvgIpc) is 3.16. The van der Waals surface area contributed by atoms with E-state index in [9.17, 15) is 19.8 Å². The van der Waals surface area contributed by atoms with Crippen molar-refractivity contribution in [3.05, 3.63) is 37.4 Å². The molecule has 0 aliphatic rings. The number of hydrogen-bond donors (Lipinski definition) is 4. The number of aromatic amines is 2. The Labute approximate surface area is 158 Å². The molecule has 10 nitrogen and oxygen atoms in total. The van der Waals surface area contributed by atoms with Crippen molar-refractivity contribution in [3.8, 4) is 0 Å². The van der Waals surface area contributed by atoms with E-state index in [1.807, 2.05) is 0 Å². The van der Waals surface area contributed by atoms with Gasteiger partial charge in [0.05, 0.1) is 35.8 Å². The predicted molar refractivity (Wildman–Crippen MR) is 79.8 cm³/mol. The van der Waals surface area contributed by atoms with E-state index in [-0.39, 0.29) is 19.5 Å². The first-order chi connectivity index (χ1) is 10.9. The number of hydrogen-bond acceptors (Lipinski definition) is 8. The van der Waals surface area contributed by atoms with Crippen LogP contribution in [-0.4, -0.2) is 53.3 Å². The zero-order chi connectivity index (χ0) is 19.2. The number of aromatic nitrogens is 4. The van der Waals surface area contributed by atoms with E-state index in [4.69, 9.17) is 10.2 Å². The molecule has 0 aliphatic carbocycles. The first kappa shape index (κ1) is 27.7. The number of imidazole rings is 2. The number of carbonyl (C=O) groups excluding carboxylic acids is 2. The Balaban J connectivity index is -0.000000257. The first-order valence-electron chi connectivity index (χ1n) is 6.62. The minimum absolute atomic E-state index is 0. The third kappa shape index (κ3) is 21.9. The molecule has 0 spiro atoms. The number of nitrogens with one attached hydrogen (secondary N) is 2. The Kier molecular flexibility index (Phi) is 15.8. The summed E-state index contributed by atoms with van der Waals surface area (Å²) in [6, 6.07) is 0. The van der Waals surface area contributed by atoms with Crippen molar-refractivity contribution in [1.29, 1.82) is 0 Å². The Hall–Kier alpha value is -2.10. The van der Waals surface area contributed by atoms with E-state index in [0.717, 1.165) is 27.7 Å². The van der Waals surface area contributed by atoms with Gasteiger partial charge in [-0.1, -0.05) is 0 Å². The number of aliphatic carboxylic acids is 2. The summed E-state index contributed by atoms with van der Waals surface area (Å²) in [6.07, 6.45) is 10.2. The maximum atomic E-state index is 9.66. The van der Waals surface area contributed by atoms with Gasteiger partial charge in [0.1, 0.15) is 0 Å². The largest absolute Gasteiger partial charge is 2.00 e. The molecule has 11 heteroatoms. The number of rotatable bonds is 2. The van der Waals surface area contributed by atoms with Crippen LogP contribution in [0.25, 0.3) is 0 Å². The molecule has 0 unspecified atom stereocenters. The van der Waals surface area contributed by atoms with Crippen molar-refractivity contribution in [2.45, 2.75) is 38.9 Å². The monoisotopic (exact) mass is 406 g/mol. The van der Waals surface area contributed by atoms with Crippen LogP contribution in [0.2, 0.25) is 0 Å². The molecule has 0 aromatic carbocycles. The van der Waals surface area contributed by atoms with Gasteiger partial charge in [0.25, 0.3) is 0 Å². The quantitative estimate of drug-likeness (QED) is 0.406. The zero-order valence-corrected chi connectivity index (χ0v) is 17.6. The number of carboxylic acid groups (broad SMARTS) is 2. The molecule has 2 aromatic rings. The summed E-state index contributed by atoms with van der Waals surface area (Å²) in [5.41, 5.74) is -3.39. The smallest absolute Gasteiger partial charge is 0.547 e. The van der Waals surface area contributed by atoms with Gasteiger partial charge in [-0.15, -0.1) is 0 Å². The van der Waals surface area contributed by atoms with Crippen LogP contribution in [0.5, 0.6) is 0 Å². The Morgan fingerprint density at radius 2 is 1.08 bits per heavy atom. The Morgan fingerprint density at radius 3 is 1.12 bits per heavy atom. The number of H-pyrrole nitrogens is 2. The molecule has 0 aliphatic heterocycles. The normalized spacial score (nSPS) is 9.52. The van der Waals surface area contributed by atoms with E-state index in [1.54, 1.807) is 37.4 Å². The standard InChI is InChI=1S/2C4H8O3.2C3H4N2.Zn/c2*1-4(2,7)3(5)6;2*1-2-5-3-4-1;/h2*7H,1-2H3,(H,5,6);2*1-3H,(H,4,5);/q;;;;+2/p-2. The number of carboxylic acids is 2. The maximum absolute atomic E-state index is 9.66. The third-order valence-corrected chi connectivity index (χ3v) is 1.81. The minimum atomic E-state index is -1.69. The molecule has 0 amide bonds. The second-order valence-corrected chi connectivity index (χ2v) is 5.21. The molecule has 0 fully saturated rings. The van der Waals surface area contributed by atoms with Crippen LogP contribution in [0.4, 0.5) is 0 Å². The van der Waals surface area contributed by atoms with Gasteiger partial charge >= 0.3 is 19.5 Å². The first-order valence-corrected chi connectivity index (χ1v) is 6.62. The van der Waals surface area contributed by atoms with E-state index in [2.05, 4.69) is 19.9 Å². The van der Waals surface area contributed by atoms with Gasteiger partial charge in [0.15, 0.2) is 0 Å². The molecule has 0 saturated heterocycles. The summed E-state index contributed by atoms with van der Waals surface area (Å²) >= 11 is 0. The van der Waals surface area contributed by atoms with Crippen LogP contribution in [0.1, 0.15) is 27.7 Å². The minimum Gasteiger partial charge on any atom is -0.547 e. The van der Waals surface area contributed by atoms with Crippen molar-refractivity contribution in [3.63, 3.8) is 0 Å². The molecule has 2 heterocycles. The summed E-state index contributed by atoms with van der Waals surface area (Å²) in [7, 11) is 0. The van der Waals surface area contributed by atoms with Crippen LogP contribution < -0.4 is 10.2 Å². The summed E-state index contributed by atoms with van der Waals surface area (Å²) in [5.74, 6) is -2.90. The summed E-state index contributed by atoms with van der Waals surface area (Å²) in [6.45, 7) is 4.62. The van der Waals surface area contributed by atoms with E-state index in [1.165, 1.54) is 0 Å². The molecular formula is C14H22N4O6Zn. The van der Waals surface area contributed by atoms with E-state index in [0.29, 0.717) is 0 Å². The molecule has 2 rings (SSSR count). The number of aliphatic hydroxyl groups is 2. The fraction of sp³-hybridized carbons (Fsp3) is 0.429. The predicted octanol–water partition coefficient (Wildman–Crippen LogP) is -2.17. The van der Waals surface area contributed by atoms with E-state index < -0.39 is 23.1 Å². The maximum Gasteiger partial charge on any atom is 2.00 e. The molecular weight excluding hydrogens is 386 g/mol. The van der Waals surface area contributed by atoms with Crippen LogP contribution >= 0.6 is 0 Å². The van der Waals surface area contributed by atoms with Crippen LogP contribution in [-0.2, 0) is 29.1 Å². The summed E-state index contributed by atoms with van der Waals surface area (Å²) in [4.78, 5) is 32.2. The van der Waals surface area contributed by atoms with Crippen molar-refractivity contribution in [2.24, 2.45) is 0 Å². The average molecular weight is 408 g/mol. The van der Waals surface area contributed by atoms with Gasteiger partial charge in [-0.25, -0.2) is 9.97 Å². The van der Waals surface area contributed by atoms with Crippen molar-refractivity contribution < 1.29 is 49.5 Å². The Morgan fingerprint density at radius 1 is 0.840 bits per heavy atom.